The SMILES string of the molecule is Nc1c(Br)ccc(C(=O)CBr)c1F. The number of benzene rings is 1. The van der Waals surface area contributed by atoms with Crippen LogP contribution in [-0.4, -0.2) is 11.1 Å². The molecule has 0 bridgehead atoms. The summed E-state index contributed by atoms with van der Waals surface area (Å²) in [4.78, 5) is 11.1. The first-order chi connectivity index (χ1) is 6.07. The fourth-order valence-corrected chi connectivity index (χ4v) is 1.46. The van der Waals surface area contributed by atoms with Crippen molar-refractivity contribution in [2.24, 2.45) is 0 Å². The Bertz CT molecular complexity index is 354. The van der Waals surface area contributed by atoms with E-state index in [4.69, 9.17) is 5.73 Å². The van der Waals surface area contributed by atoms with Gasteiger partial charge in [0.1, 0.15) is 0 Å². The highest BCUT2D eigenvalue weighted by molar-refractivity contribution is 9.10. The highest BCUT2D eigenvalue weighted by atomic mass is 79.9. The van der Waals surface area contributed by atoms with Gasteiger partial charge in [0.05, 0.1) is 16.6 Å². The number of anilines is 1. The maximum atomic E-state index is 13.3. The lowest BCUT2D eigenvalue weighted by Crippen LogP contribution is -2.06. The number of carbonyl (C=O) groups excluding carboxylic acids is 1. The highest BCUT2D eigenvalue weighted by Gasteiger charge is 2.14. The molecule has 70 valence electrons. The third-order valence-electron chi connectivity index (χ3n) is 1.55. The van der Waals surface area contributed by atoms with Crippen LogP contribution in [0.3, 0.4) is 0 Å². The summed E-state index contributed by atoms with van der Waals surface area (Å²) in [5.41, 5.74) is 5.36. The van der Waals surface area contributed by atoms with Crippen molar-refractivity contribution in [1.29, 1.82) is 0 Å². The Morgan fingerprint density at radius 1 is 1.54 bits per heavy atom. The Balaban J connectivity index is 3.26. The van der Waals surface area contributed by atoms with E-state index in [1.807, 2.05) is 0 Å². The summed E-state index contributed by atoms with van der Waals surface area (Å²) in [5.74, 6) is -0.990. The van der Waals surface area contributed by atoms with Crippen molar-refractivity contribution in [3.63, 3.8) is 0 Å². The standard InChI is InChI=1S/C8H6Br2FNO/c9-3-6(13)4-1-2-5(10)8(12)7(4)11/h1-2H,3,12H2. The van der Waals surface area contributed by atoms with E-state index in [9.17, 15) is 9.18 Å². The van der Waals surface area contributed by atoms with E-state index in [-0.39, 0.29) is 22.4 Å². The second-order valence-corrected chi connectivity index (χ2v) is 3.79. The molecule has 0 unspecified atom stereocenters. The number of hydrogen-bond donors (Lipinski definition) is 1. The normalized spacial score (nSPS) is 10.1. The number of halogens is 3. The molecule has 0 heterocycles. The minimum Gasteiger partial charge on any atom is -0.395 e. The Labute approximate surface area is 91.6 Å². The van der Waals surface area contributed by atoms with Gasteiger partial charge in [-0.1, -0.05) is 15.9 Å². The molecule has 0 aliphatic rings. The molecule has 0 atom stereocenters. The molecule has 2 nitrogen and oxygen atoms in total. The van der Waals surface area contributed by atoms with Crippen LogP contribution in [0.5, 0.6) is 0 Å². The second kappa shape index (κ2) is 4.19. The quantitative estimate of drug-likeness (QED) is 0.518. The molecule has 1 aromatic carbocycles. The first-order valence-electron chi connectivity index (χ1n) is 3.40. The molecule has 2 N–H and O–H groups in total. The number of Topliss-reactive ketones (excluding diaryl/α,β-unsaturated/α-hetero) is 1. The van der Waals surface area contributed by atoms with Crippen molar-refractivity contribution < 1.29 is 9.18 Å². The first-order valence-corrected chi connectivity index (χ1v) is 5.32. The summed E-state index contributed by atoms with van der Waals surface area (Å²) in [6, 6.07) is 2.95. The van der Waals surface area contributed by atoms with Crippen LogP contribution in [0.2, 0.25) is 0 Å². The molecule has 13 heavy (non-hydrogen) atoms. The van der Waals surface area contributed by atoms with Crippen molar-refractivity contribution in [3.05, 3.63) is 28.0 Å². The molecule has 0 saturated carbocycles. The van der Waals surface area contributed by atoms with Crippen molar-refractivity contribution in [3.8, 4) is 0 Å². The van der Waals surface area contributed by atoms with E-state index in [0.29, 0.717) is 4.47 Å². The van der Waals surface area contributed by atoms with Crippen LogP contribution in [0.1, 0.15) is 10.4 Å². The van der Waals surface area contributed by atoms with Gasteiger partial charge in [-0.3, -0.25) is 4.79 Å². The van der Waals surface area contributed by atoms with E-state index in [2.05, 4.69) is 31.9 Å². The average Bonchev–Trinajstić information content (AvgIpc) is 2.13. The Hall–Kier alpha value is -0.420. The van der Waals surface area contributed by atoms with Crippen LogP contribution >= 0.6 is 31.9 Å². The van der Waals surface area contributed by atoms with Gasteiger partial charge < -0.3 is 5.73 Å². The zero-order valence-corrected chi connectivity index (χ0v) is 9.65. The maximum absolute atomic E-state index is 13.3. The summed E-state index contributed by atoms with van der Waals surface area (Å²) in [6.07, 6.45) is 0. The van der Waals surface area contributed by atoms with Crippen molar-refractivity contribution in [2.75, 3.05) is 11.1 Å². The van der Waals surface area contributed by atoms with Crippen molar-refractivity contribution in [2.45, 2.75) is 0 Å². The summed E-state index contributed by atoms with van der Waals surface area (Å²) >= 11 is 6.02. The summed E-state index contributed by atoms with van der Waals surface area (Å²) in [5, 5.41) is 0.0883. The van der Waals surface area contributed by atoms with E-state index < -0.39 is 5.82 Å². The lowest BCUT2D eigenvalue weighted by atomic mass is 10.1. The molecule has 0 aromatic heterocycles. The fraction of sp³-hybridized carbons (Fsp3) is 0.125. The molecular formula is C8H6Br2FNO. The maximum Gasteiger partial charge on any atom is 0.176 e. The van der Waals surface area contributed by atoms with Gasteiger partial charge in [0.15, 0.2) is 11.6 Å². The molecule has 0 spiro atoms. The van der Waals surface area contributed by atoms with Crippen molar-refractivity contribution in [1.82, 2.24) is 0 Å². The summed E-state index contributed by atoms with van der Waals surface area (Å²) < 4.78 is 13.8. The topological polar surface area (TPSA) is 43.1 Å². The zero-order chi connectivity index (χ0) is 10.0. The molecule has 1 aromatic rings. The highest BCUT2D eigenvalue weighted by Crippen LogP contribution is 2.25. The molecule has 0 aliphatic carbocycles. The summed E-state index contributed by atoms with van der Waals surface area (Å²) in [6.45, 7) is 0. The lowest BCUT2D eigenvalue weighted by Gasteiger charge is -2.04. The number of nitrogen functional groups attached to an aromatic ring is 1. The van der Waals surface area contributed by atoms with Crippen LogP contribution in [0.25, 0.3) is 0 Å². The number of hydrogen-bond acceptors (Lipinski definition) is 2. The van der Waals surface area contributed by atoms with Gasteiger partial charge >= 0.3 is 0 Å². The van der Waals surface area contributed by atoms with Gasteiger partial charge in [0.2, 0.25) is 0 Å². The van der Waals surface area contributed by atoms with Crippen LogP contribution in [0.15, 0.2) is 16.6 Å². The molecule has 0 fully saturated rings. The van der Waals surface area contributed by atoms with Gasteiger partial charge in [0, 0.05) is 4.47 Å². The molecular weight excluding hydrogens is 305 g/mol. The minimum absolute atomic E-state index is 0.0116. The Kier molecular flexibility index (Phi) is 3.44. The fourth-order valence-electron chi connectivity index (χ4n) is 0.857. The van der Waals surface area contributed by atoms with Gasteiger partial charge in [-0.05, 0) is 28.1 Å². The lowest BCUT2D eigenvalue weighted by molar-refractivity contribution is 0.102. The van der Waals surface area contributed by atoms with Gasteiger partial charge in [-0.2, -0.15) is 0 Å². The number of ketones is 1. The summed E-state index contributed by atoms with van der Waals surface area (Å²) in [7, 11) is 0. The van der Waals surface area contributed by atoms with Crippen LogP contribution in [0, 0.1) is 5.82 Å². The molecule has 0 radical (unpaired) electrons. The van der Waals surface area contributed by atoms with Gasteiger partial charge in [0.25, 0.3) is 0 Å². The van der Waals surface area contributed by atoms with E-state index >= 15 is 0 Å². The third kappa shape index (κ3) is 2.08. The molecule has 5 heteroatoms. The molecule has 0 aliphatic heterocycles. The number of rotatable bonds is 2. The minimum atomic E-state index is -0.668. The largest absolute Gasteiger partial charge is 0.395 e. The van der Waals surface area contributed by atoms with Crippen molar-refractivity contribution >= 4 is 43.3 Å². The monoisotopic (exact) mass is 309 g/mol. The first kappa shape index (κ1) is 10.7. The van der Waals surface area contributed by atoms with Crippen LogP contribution < -0.4 is 5.73 Å². The zero-order valence-electron chi connectivity index (χ0n) is 6.48. The number of carbonyl (C=O) groups is 1. The van der Waals surface area contributed by atoms with E-state index in [1.54, 1.807) is 6.07 Å². The average molecular weight is 311 g/mol. The second-order valence-electron chi connectivity index (χ2n) is 2.38. The smallest absolute Gasteiger partial charge is 0.176 e. The van der Waals surface area contributed by atoms with Crippen LogP contribution in [-0.2, 0) is 0 Å². The van der Waals surface area contributed by atoms with E-state index in [1.165, 1.54) is 6.07 Å². The van der Waals surface area contributed by atoms with Gasteiger partial charge in [-0.15, -0.1) is 0 Å². The third-order valence-corrected chi connectivity index (χ3v) is 2.75. The van der Waals surface area contributed by atoms with Crippen LogP contribution in [0.4, 0.5) is 10.1 Å². The Morgan fingerprint density at radius 3 is 2.69 bits per heavy atom. The van der Waals surface area contributed by atoms with Gasteiger partial charge in [-0.25, -0.2) is 4.39 Å². The Morgan fingerprint density at radius 2 is 2.15 bits per heavy atom. The predicted molar refractivity (Wildman–Crippen MR) is 56.6 cm³/mol. The molecule has 0 saturated heterocycles. The molecule has 0 amide bonds. The molecule has 1 rings (SSSR count). The predicted octanol–water partition coefficient (Wildman–Crippen LogP) is 2.75. The number of alkyl halides is 1. The van der Waals surface area contributed by atoms with E-state index in [0.717, 1.165) is 0 Å². The number of nitrogens with two attached hydrogens (primary N) is 1.